The predicted octanol–water partition coefficient (Wildman–Crippen LogP) is 3.48. The van der Waals surface area contributed by atoms with Gasteiger partial charge in [-0.15, -0.1) is 13.2 Å². The molecule has 11 heteroatoms. The fourth-order valence-electron chi connectivity index (χ4n) is 3.05. The molecule has 8 nitrogen and oxygen atoms in total. The van der Waals surface area contributed by atoms with Crippen LogP contribution in [-0.4, -0.2) is 36.0 Å². The second kappa shape index (κ2) is 8.48. The van der Waals surface area contributed by atoms with E-state index < -0.39 is 30.1 Å². The molecule has 0 saturated carbocycles. The van der Waals surface area contributed by atoms with Gasteiger partial charge >= 0.3 is 12.4 Å². The molecule has 31 heavy (non-hydrogen) atoms. The minimum absolute atomic E-state index is 0.0936. The largest absolute Gasteiger partial charge is 0.573 e. The molecule has 0 bridgehead atoms. The van der Waals surface area contributed by atoms with Crippen LogP contribution >= 0.6 is 0 Å². The van der Waals surface area contributed by atoms with Crippen molar-refractivity contribution >= 4 is 17.6 Å². The highest BCUT2D eigenvalue weighted by atomic mass is 19.4. The number of nitrogens with one attached hydrogen (secondary N) is 2. The number of anilines is 1. The van der Waals surface area contributed by atoms with Gasteiger partial charge in [-0.3, -0.25) is 4.79 Å². The third-order valence-electron chi connectivity index (χ3n) is 4.62. The number of hydrogen-bond acceptors (Lipinski definition) is 5. The summed E-state index contributed by atoms with van der Waals surface area (Å²) in [6, 6.07) is 5.52. The molecule has 2 heterocycles. The molecule has 1 atom stereocenters. The van der Waals surface area contributed by atoms with Crippen LogP contribution in [0.4, 0.5) is 23.7 Å². The highest BCUT2D eigenvalue weighted by Crippen LogP contribution is 2.29. The summed E-state index contributed by atoms with van der Waals surface area (Å²) >= 11 is 0. The standard InChI is InChI=1S/C20H23F3N4O4/c1-19(2,3)16-10-14(31-26-16)11-24-18(29)25-15-7-8-27(17(15)28)12-5-4-6-13(9-12)30-20(21,22)23/h4-6,9-10,15H,7-8,11H2,1-3H3,(H2,24,25,29). The summed E-state index contributed by atoms with van der Waals surface area (Å²) < 4.78 is 46.3. The van der Waals surface area contributed by atoms with E-state index in [9.17, 15) is 22.8 Å². The Labute approximate surface area is 176 Å². The number of nitrogens with zero attached hydrogens (tertiary/aromatic N) is 2. The van der Waals surface area contributed by atoms with Crippen LogP contribution < -0.4 is 20.3 Å². The zero-order valence-electron chi connectivity index (χ0n) is 17.2. The van der Waals surface area contributed by atoms with Crippen LogP contribution in [0.3, 0.4) is 0 Å². The van der Waals surface area contributed by atoms with Crippen LogP contribution in [-0.2, 0) is 16.8 Å². The van der Waals surface area contributed by atoms with Gasteiger partial charge < -0.3 is 24.8 Å². The molecule has 1 aromatic carbocycles. The summed E-state index contributed by atoms with van der Waals surface area (Å²) in [7, 11) is 0. The number of rotatable bonds is 5. The van der Waals surface area contributed by atoms with Crippen molar-refractivity contribution in [2.24, 2.45) is 0 Å². The van der Waals surface area contributed by atoms with Crippen LogP contribution in [0.1, 0.15) is 38.6 Å². The first kappa shape index (κ1) is 22.4. The van der Waals surface area contributed by atoms with Crippen molar-refractivity contribution in [3.8, 4) is 5.75 Å². The van der Waals surface area contributed by atoms with Crippen LogP contribution in [0.25, 0.3) is 0 Å². The van der Waals surface area contributed by atoms with Gasteiger partial charge in [0.15, 0.2) is 5.76 Å². The lowest BCUT2D eigenvalue weighted by molar-refractivity contribution is -0.274. The average Bonchev–Trinajstić information content (AvgIpc) is 3.26. The molecule has 3 rings (SSSR count). The molecule has 1 unspecified atom stereocenters. The van der Waals surface area contributed by atoms with Crippen LogP contribution in [0, 0.1) is 0 Å². The number of halogens is 3. The Balaban J connectivity index is 1.55. The van der Waals surface area contributed by atoms with Gasteiger partial charge in [0.25, 0.3) is 0 Å². The Morgan fingerprint density at radius 3 is 2.68 bits per heavy atom. The van der Waals surface area contributed by atoms with Gasteiger partial charge in [0.05, 0.1) is 12.2 Å². The number of carbonyl (C=O) groups excluding carboxylic acids is 2. The Morgan fingerprint density at radius 1 is 1.29 bits per heavy atom. The maximum Gasteiger partial charge on any atom is 0.573 e. The maximum absolute atomic E-state index is 12.6. The summed E-state index contributed by atoms with van der Waals surface area (Å²) in [4.78, 5) is 26.1. The topological polar surface area (TPSA) is 96.7 Å². The highest BCUT2D eigenvalue weighted by molar-refractivity contribution is 6.01. The van der Waals surface area contributed by atoms with E-state index in [0.717, 1.165) is 17.8 Å². The van der Waals surface area contributed by atoms with Crippen LogP contribution in [0.2, 0.25) is 0 Å². The van der Waals surface area contributed by atoms with E-state index in [1.54, 1.807) is 6.07 Å². The predicted molar refractivity (Wildman–Crippen MR) is 104 cm³/mol. The summed E-state index contributed by atoms with van der Waals surface area (Å²) in [6.07, 6.45) is -4.51. The third kappa shape index (κ3) is 5.89. The minimum Gasteiger partial charge on any atom is -0.406 e. The van der Waals surface area contributed by atoms with Crippen molar-refractivity contribution in [1.82, 2.24) is 15.8 Å². The molecular weight excluding hydrogens is 417 g/mol. The smallest absolute Gasteiger partial charge is 0.406 e. The molecule has 0 radical (unpaired) electrons. The Hall–Kier alpha value is -3.24. The number of urea groups is 1. The summed E-state index contributed by atoms with van der Waals surface area (Å²) in [5, 5.41) is 9.14. The van der Waals surface area contributed by atoms with Gasteiger partial charge in [0, 0.05) is 29.8 Å². The fourth-order valence-corrected chi connectivity index (χ4v) is 3.05. The van der Waals surface area contributed by atoms with E-state index in [1.165, 1.54) is 17.0 Å². The first-order chi connectivity index (χ1) is 14.4. The molecule has 0 spiro atoms. The van der Waals surface area contributed by atoms with Gasteiger partial charge in [-0.2, -0.15) is 0 Å². The molecule has 2 N–H and O–H groups in total. The zero-order chi connectivity index (χ0) is 22.8. The Morgan fingerprint density at radius 2 is 2.03 bits per heavy atom. The van der Waals surface area contributed by atoms with E-state index >= 15 is 0 Å². The monoisotopic (exact) mass is 440 g/mol. The summed E-state index contributed by atoms with van der Waals surface area (Å²) in [5.74, 6) is -0.372. The molecule has 168 valence electrons. The van der Waals surface area contributed by atoms with Crippen molar-refractivity contribution in [2.75, 3.05) is 11.4 Å². The van der Waals surface area contributed by atoms with Crippen molar-refractivity contribution in [3.63, 3.8) is 0 Å². The number of carbonyl (C=O) groups is 2. The van der Waals surface area contributed by atoms with E-state index in [-0.39, 0.29) is 24.2 Å². The molecule has 1 fully saturated rings. The molecule has 1 saturated heterocycles. The third-order valence-corrected chi connectivity index (χ3v) is 4.62. The highest BCUT2D eigenvalue weighted by Gasteiger charge is 2.35. The zero-order valence-corrected chi connectivity index (χ0v) is 17.2. The van der Waals surface area contributed by atoms with Crippen molar-refractivity contribution in [2.45, 2.75) is 51.6 Å². The molecular formula is C20H23F3N4O4. The number of aromatic nitrogens is 1. The van der Waals surface area contributed by atoms with Gasteiger partial charge in [-0.1, -0.05) is 32.0 Å². The quantitative estimate of drug-likeness (QED) is 0.742. The fraction of sp³-hybridized carbons (Fsp3) is 0.450. The molecule has 2 aromatic rings. The lowest BCUT2D eigenvalue weighted by Crippen LogP contribution is -2.45. The first-order valence-corrected chi connectivity index (χ1v) is 9.60. The lowest BCUT2D eigenvalue weighted by Gasteiger charge is -2.18. The van der Waals surface area contributed by atoms with Crippen molar-refractivity contribution in [3.05, 3.63) is 41.8 Å². The maximum atomic E-state index is 12.6. The van der Waals surface area contributed by atoms with E-state index in [1.807, 2.05) is 20.8 Å². The number of alkyl halides is 3. The van der Waals surface area contributed by atoms with E-state index in [2.05, 4.69) is 20.5 Å². The molecule has 3 amide bonds. The Kier molecular flexibility index (Phi) is 6.14. The SMILES string of the molecule is CC(C)(C)c1cc(CNC(=O)NC2CCN(c3cccc(OC(F)(F)F)c3)C2=O)on1. The minimum atomic E-state index is -4.83. The van der Waals surface area contributed by atoms with Crippen LogP contribution in [0.5, 0.6) is 5.75 Å². The number of hydrogen-bond donors (Lipinski definition) is 2. The normalized spacial score (nSPS) is 17.0. The average molecular weight is 440 g/mol. The summed E-state index contributed by atoms with van der Waals surface area (Å²) in [5.41, 5.74) is 0.822. The molecule has 1 aliphatic rings. The molecule has 1 aliphatic heterocycles. The molecule has 1 aromatic heterocycles. The van der Waals surface area contributed by atoms with Crippen LogP contribution in [0.15, 0.2) is 34.9 Å². The van der Waals surface area contributed by atoms with Crippen molar-refractivity contribution in [1.29, 1.82) is 0 Å². The van der Waals surface area contributed by atoms with Gasteiger partial charge in [-0.05, 0) is 18.6 Å². The Bertz CT molecular complexity index is 952. The number of benzene rings is 1. The number of ether oxygens (including phenoxy) is 1. The summed E-state index contributed by atoms with van der Waals surface area (Å²) in [6.45, 7) is 6.29. The van der Waals surface area contributed by atoms with Gasteiger partial charge in [-0.25, -0.2) is 4.79 Å². The van der Waals surface area contributed by atoms with Gasteiger partial charge in [0.1, 0.15) is 11.8 Å². The van der Waals surface area contributed by atoms with Crippen molar-refractivity contribution < 1.29 is 32.0 Å². The van der Waals surface area contributed by atoms with E-state index in [4.69, 9.17) is 4.52 Å². The lowest BCUT2D eigenvalue weighted by atomic mass is 9.92. The van der Waals surface area contributed by atoms with Gasteiger partial charge in [0.2, 0.25) is 5.91 Å². The second-order valence-electron chi connectivity index (χ2n) is 8.13. The number of amides is 3. The molecule has 0 aliphatic carbocycles. The second-order valence-corrected chi connectivity index (χ2v) is 8.13. The van der Waals surface area contributed by atoms with E-state index in [0.29, 0.717) is 12.2 Å². The first-order valence-electron chi connectivity index (χ1n) is 9.60.